The second-order valence-corrected chi connectivity index (χ2v) is 7.20. The van der Waals surface area contributed by atoms with Crippen LogP contribution in [0.3, 0.4) is 0 Å². The average Bonchev–Trinajstić information content (AvgIpc) is 3.05. The topological polar surface area (TPSA) is 70.8 Å². The molecule has 26 heavy (non-hydrogen) atoms. The summed E-state index contributed by atoms with van der Waals surface area (Å²) in [4.78, 5) is 19.3. The molecule has 0 unspecified atom stereocenters. The predicted molar refractivity (Wildman–Crippen MR) is 99.9 cm³/mol. The Bertz CT molecular complexity index is 1010. The molecular formula is C19H19NO5S. The largest absolute Gasteiger partial charge is 0.493 e. The third-order valence-electron chi connectivity index (χ3n) is 4.66. The summed E-state index contributed by atoms with van der Waals surface area (Å²) >= 11 is 1.59. The quantitative estimate of drug-likeness (QED) is 0.692. The predicted octanol–water partition coefficient (Wildman–Crippen LogP) is 3.82. The SMILES string of the molecule is COc1cc(-c2nc3sc4c(c3c(=O)o2)CCCC4)cc(OC)c1OC. The van der Waals surface area contributed by atoms with E-state index in [9.17, 15) is 4.79 Å². The van der Waals surface area contributed by atoms with Crippen LogP contribution in [0.25, 0.3) is 21.7 Å². The molecule has 0 N–H and O–H groups in total. The molecule has 0 atom stereocenters. The van der Waals surface area contributed by atoms with Gasteiger partial charge in [-0.2, -0.15) is 0 Å². The third kappa shape index (κ3) is 2.63. The summed E-state index contributed by atoms with van der Waals surface area (Å²) in [5.41, 5.74) is 1.39. The number of fused-ring (bicyclic) bond motifs is 3. The van der Waals surface area contributed by atoms with Crippen molar-refractivity contribution in [3.05, 3.63) is 33.0 Å². The molecule has 3 aromatic rings. The number of aryl methyl sites for hydroxylation is 2. The van der Waals surface area contributed by atoms with E-state index in [-0.39, 0.29) is 11.5 Å². The highest BCUT2D eigenvalue weighted by atomic mass is 32.1. The molecule has 1 aromatic carbocycles. The van der Waals surface area contributed by atoms with Gasteiger partial charge in [0, 0.05) is 10.4 Å². The van der Waals surface area contributed by atoms with E-state index in [2.05, 4.69) is 4.98 Å². The van der Waals surface area contributed by atoms with Crippen LogP contribution in [0, 0.1) is 0 Å². The van der Waals surface area contributed by atoms with Gasteiger partial charge in [-0.05, 0) is 43.4 Å². The van der Waals surface area contributed by atoms with Crippen LogP contribution in [0.5, 0.6) is 17.2 Å². The number of aromatic nitrogens is 1. The molecule has 0 saturated carbocycles. The van der Waals surface area contributed by atoms with Crippen molar-refractivity contribution in [2.75, 3.05) is 21.3 Å². The van der Waals surface area contributed by atoms with Crippen molar-refractivity contribution < 1.29 is 18.6 Å². The minimum atomic E-state index is -0.335. The average molecular weight is 373 g/mol. The summed E-state index contributed by atoms with van der Waals surface area (Å²) < 4.78 is 21.6. The second-order valence-electron chi connectivity index (χ2n) is 6.11. The summed E-state index contributed by atoms with van der Waals surface area (Å²) in [5.74, 6) is 1.70. The number of ether oxygens (including phenoxy) is 3. The van der Waals surface area contributed by atoms with E-state index in [1.807, 2.05) is 0 Å². The van der Waals surface area contributed by atoms with Crippen molar-refractivity contribution in [2.24, 2.45) is 0 Å². The van der Waals surface area contributed by atoms with Crippen molar-refractivity contribution in [3.8, 4) is 28.7 Å². The summed E-state index contributed by atoms with van der Waals surface area (Å²) in [6.07, 6.45) is 4.19. The van der Waals surface area contributed by atoms with E-state index < -0.39 is 0 Å². The lowest BCUT2D eigenvalue weighted by Crippen LogP contribution is -2.06. The zero-order valence-corrected chi connectivity index (χ0v) is 15.7. The Kier molecular flexibility index (Phi) is 4.32. The fourth-order valence-corrected chi connectivity index (χ4v) is 4.67. The van der Waals surface area contributed by atoms with Gasteiger partial charge in [-0.3, -0.25) is 0 Å². The van der Waals surface area contributed by atoms with E-state index in [0.29, 0.717) is 28.2 Å². The van der Waals surface area contributed by atoms with E-state index in [4.69, 9.17) is 18.6 Å². The molecule has 0 aliphatic heterocycles. The number of thiophene rings is 1. The first-order valence-electron chi connectivity index (χ1n) is 8.42. The maximum atomic E-state index is 12.7. The second kappa shape index (κ2) is 6.64. The van der Waals surface area contributed by atoms with Crippen LogP contribution in [0.4, 0.5) is 0 Å². The van der Waals surface area contributed by atoms with Gasteiger partial charge in [0.25, 0.3) is 0 Å². The number of methoxy groups -OCH3 is 3. The molecule has 136 valence electrons. The molecule has 0 bridgehead atoms. The van der Waals surface area contributed by atoms with E-state index in [0.717, 1.165) is 36.1 Å². The first-order chi connectivity index (χ1) is 12.7. The molecular weight excluding hydrogens is 354 g/mol. The van der Waals surface area contributed by atoms with Gasteiger partial charge < -0.3 is 18.6 Å². The van der Waals surface area contributed by atoms with Gasteiger partial charge in [-0.15, -0.1) is 11.3 Å². The van der Waals surface area contributed by atoms with Gasteiger partial charge in [0.2, 0.25) is 11.6 Å². The zero-order valence-electron chi connectivity index (χ0n) is 14.9. The minimum absolute atomic E-state index is 0.250. The maximum absolute atomic E-state index is 12.7. The Morgan fingerprint density at radius 3 is 2.38 bits per heavy atom. The van der Waals surface area contributed by atoms with Gasteiger partial charge in [0.05, 0.1) is 21.3 Å². The number of hydrogen-bond acceptors (Lipinski definition) is 7. The van der Waals surface area contributed by atoms with Crippen molar-refractivity contribution >= 4 is 21.6 Å². The smallest absolute Gasteiger partial charge is 0.348 e. The number of nitrogens with zero attached hydrogens (tertiary/aromatic N) is 1. The van der Waals surface area contributed by atoms with Crippen molar-refractivity contribution in [3.63, 3.8) is 0 Å². The van der Waals surface area contributed by atoms with Crippen LogP contribution < -0.4 is 19.8 Å². The molecule has 0 spiro atoms. The Hall–Kier alpha value is -2.54. The highest BCUT2D eigenvalue weighted by molar-refractivity contribution is 7.18. The monoisotopic (exact) mass is 373 g/mol. The molecule has 0 radical (unpaired) electrons. The molecule has 6 nitrogen and oxygen atoms in total. The fourth-order valence-electron chi connectivity index (χ4n) is 3.42. The standard InChI is InChI=1S/C19H19NO5S/c1-22-12-8-10(9-13(23-2)16(12)24-3)17-20-18-15(19(21)25-17)11-6-4-5-7-14(11)26-18/h8-9H,4-7H2,1-3H3. The molecule has 7 heteroatoms. The Balaban J connectivity index is 1.91. The van der Waals surface area contributed by atoms with Gasteiger partial charge in [0.15, 0.2) is 11.5 Å². The third-order valence-corrected chi connectivity index (χ3v) is 5.85. The maximum Gasteiger partial charge on any atom is 0.348 e. The van der Waals surface area contributed by atoms with Crippen molar-refractivity contribution in [1.29, 1.82) is 0 Å². The zero-order chi connectivity index (χ0) is 18.3. The minimum Gasteiger partial charge on any atom is -0.493 e. The van der Waals surface area contributed by atoms with Crippen LogP contribution in [-0.2, 0) is 12.8 Å². The summed E-state index contributed by atoms with van der Waals surface area (Å²) in [6, 6.07) is 3.46. The number of benzene rings is 1. The molecule has 1 aliphatic carbocycles. The normalized spacial score (nSPS) is 13.5. The van der Waals surface area contributed by atoms with Crippen LogP contribution in [0.15, 0.2) is 21.3 Å². The highest BCUT2D eigenvalue weighted by Gasteiger charge is 2.22. The molecule has 2 aromatic heterocycles. The lowest BCUT2D eigenvalue weighted by Gasteiger charge is -2.13. The Labute approximate surface area is 154 Å². The van der Waals surface area contributed by atoms with Gasteiger partial charge >= 0.3 is 5.63 Å². The van der Waals surface area contributed by atoms with Crippen molar-refractivity contribution in [2.45, 2.75) is 25.7 Å². The number of rotatable bonds is 4. The van der Waals surface area contributed by atoms with Crippen LogP contribution >= 0.6 is 11.3 Å². The Morgan fingerprint density at radius 2 is 1.73 bits per heavy atom. The lowest BCUT2D eigenvalue weighted by atomic mass is 9.97. The van der Waals surface area contributed by atoms with Crippen LogP contribution in [0.1, 0.15) is 23.3 Å². The summed E-state index contributed by atoms with van der Waals surface area (Å²) in [7, 11) is 4.63. The van der Waals surface area contributed by atoms with Gasteiger partial charge in [-0.1, -0.05) is 0 Å². The highest BCUT2D eigenvalue weighted by Crippen LogP contribution is 2.41. The molecule has 2 heterocycles. The fraction of sp³-hybridized carbons (Fsp3) is 0.368. The van der Waals surface area contributed by atoms with Crippen molar-refractivity contribution in [1.82, 2.24) is 4.98 Å². The molecule has 4 rings (SSSR count). The van der Waals surface area contributed by atoms with E-state index >= 15 is 0 Å². The van der Waals surface area contributed by atoms with Crippen LogP contribution in [0.2, 0.25) is 0 Å². The molecule has 0 saturated heterocycles. The van der Waals surface area contributed by atoms with Crippen LogP contribution in [-0.4, -0.2) is 26.3 Å². The first kappa shape index (κ1) is 16.9. The first-order valence-corrected chi connectivity index (χ1v) is 9.23. The molecule has 0 amide bonds. The lowest BCUT2D eigenvalue weighted by molar-refractivity contribution is 0.324. The van der Waals surface area contributed by atoms with E-state index in [1.54, 1.807) is 44.8 Å². The molecule has 1 aliphatic rings. The van der Waals surface area contributed by atoms with E-state index in [1.165, 1.54) is 4.88 Å². The van der Waals surface area contributed by atoms with Gasteiger partial charge in [-0.25, -0.2) is 9.78 Å². The number of hydrogen-bond donors (Lipinski definition) is 0. The molecule has 0 fully saturated rings. The Morgan fingerprint density at radius 1 is 1.04 bits per heavy atom. The summed E-state index contributed by atoms with van der Waals surface area (Å²) in [6.45, 7) is 0. The summed E-state index contributed by atoms with van der Waals surface area (Å²) in [5, 5.41) is 0.640. The van der Waals surface area contributed by atoms with Gasteiger partial charge in [0.1, 0.15) is 10.2 Å².